The average molecular weight is 457 g/mol. The van der Waals surface area contributed by atoms with Gasteiger partial charge in [0.1, 0.15) is 28.7 Å². The lowest BCUT2D eigenvalue weighted by atomic mass is 9.89. The summed E-state index contributed by atoms with van der Waals surface area (Å²) in [4.78, 5) is 24.7. The molecule has 1 aliphatic rings. The lowest BCUT2D eigenvalue weighted by Gasteiger charge is -2.33. The number of carbonyl (C=O) groups excluding carboxylic acids is 1. The van der Waals surface area contributed by atoms with Crippen molar-refractivity contribution in [3.8, 4) is 22.4 Å². The van der Waals surface area contributed by atoms with Gasteiger partial charge >= 0.3 is 0 Å². The van der Waals surface area contributed by atoms with Crippen molar-refractivity contribution in [2.75, 3.05) is 13.1 Å². The largest absolute Gasteiger partial charge is 0.360 e. The minimum Gasteiger partial charge on any atom is -0.360 e. The maximum Gasteiger partial charge on any atom is 0.259 e. The number of piperidine rings is 1. The smallest absolute Gasteiger partial charge is 0.259 e. The molecule has 1 amide bonds. The van der Waals surface area contributed by atoms with Crippen molar-refractivity contribution in [2.24, 2.45) is 0 Å². The highest BCUT2D eigenvalue weighted by Gasteiger charge is 2.32. The van der Waals surface area contributed by atoms with Crippen LogP contribution in [0.15, 0.2) is 65.3 Å². The summed E-state index contributed by atoms with van der Waals surface area (Å²) in [5.74, 6) is 0.851. The predicted octanol–water partition coefficient (Wildman–Crippen LogP) is 5.57. The number of amides is 1. The minimum atomic E-state index is -0.286. The first-order chi connectivity index (χ1) is 16.5. The van der Waals surface area contributed by atoms with Crippen molar-refractivity contribution < 1.29 is 13.7 Å². The summed E-state index contributed by atoms with van der Waals surface area (Å²) in [6.45, 7) is 4.82. The lowest BCUT2D eigenvalue weighted by Crippen LogP contribution is -2.39. The van der Waals surface area contributed by atoms with Crippen molar-refractivity contribution in [1.29, 1.82) is 0 Å². The molecule has 1 saturated heterocycles. The van der Waals surface area contributed by atoms with Crippen LogP contribution in [0.3, 0.4) is 0 Å². The third kappa shape index (κ3) is 4.21. The van der Waals surface area contributed by atoms with Gasteiger partial charge in [-0.05, 0) is 44.4 Å². The van der Waals surface area contributed by atoms with Crippen LogP contribution in [0.2, 0.25) is 0 Å². The maximum atomic E-state index is 13.7. The maximum absolute atomic E-state index is 13.7. The fourth-order valence-electron chi connectivity index (χ4n) is 4.61. The van der Waals surface area contributed by atoms with E-state index in [1.807, 2.05) is 42.2 Å². The van der Waals surface area contributed by atoms with Gasteiger partial charge in [-0.1, -0.05) is 47.6 Å². The molecule has 6 nitrogen and oxygen atoms in total. The molecule has 0 saturated carbocycles. The lowest BCUT2D eigenvalue weighted by molar-refractivity contribution is 0.0705. The average Bonchev–Trinajstić information content (AvgIpc) is 3.26. The molecule has 0 N–H and O–H groups in total. The summed E-state index contributed by atoms with van der Waals surface area (Å²) in [5.41, 5.74) is 4.54. The van der Waals surface area contributed by atoms with Crippen LogP contribution < -0.4 is 0 Å². The van der Waals surface area contributed by atoms with Crippen LogP contribution in [0, 0.1) is 19.7 Å². The number of carbonyl (C=O) groups is 1. The number of hydrogen-bond donors (Lipinski definition) is 0. The Morgan fingerprint density at radius 3 is 2.59 bits per heavy atom. The van der Waals surface area contributed by atoms with E-state index >= 15 is 0 Å². The van der Waals surface area contributed by atoms with Crippen molar-refractivity contribution in [1.82, 2.24) is 20.0 Å². The van der Waals surface area contributed by atoms with Crippen LogP contribution in [0.1, 0.15) is 46.4 Å². The van der Waals surface area contributed by atoms with Crippen LogP contribution in [-0.4, -0.2) is 39.0 Å². The quantitative estimate of drug-likeness (QED) is 0.401. The third-order valence-electron chi connectivity index (χ3n) is 6.31. The molecule has 1 aliphatic heterocycles. The van der Waals surface area contributed by atoms with E-state index in [2.05, 4.69) is 10.1 Å². The van der Waals surface area contributed by atoms with Crippen LogP contribution in [0.4, 0.5) is 4.39 Å². The van der Waals surface area contributed by atoms with Gasteiger partial charge in [0.15, 0.2) is 0 Å². The molecule has 34 heavy (non-hydrogen) atoms. The molecule has 3 heterocycles. The van der Waals surface area contributed by atoms with Crippen molar-refractivity contribution in [2.45, 2.75) is 32.6 Å². The number of benzene rings is 2. The molecule has 1 unspecified atom stereocenters. The van der Waals surface area contributed by atoms with Gasteiger partial charge in [0.25, 0.3) is 5.91 Å². The molecule has 1 fully saturated rings. The van der Waals surface area contributed by atoms with E-state index in [9.17, 15) is 9.18 Å². The zero-order chi connectivity index (χ0) is 23.7. The van der Waals surface area contributed by atoms with Crippen LogP contribution in [-0.2, 0) is 0 Å². The van der Waals surface area contributed by atoms with Gasteiger partial charge in [-0.2, -0.15) is 0 Å². The summed E-state index contributed by atoms with van der Waals surface area (Å²) >= 11 is 0. The Balaban J connectivity index is 1.46. The first-order valence-electron chi connectivity index (χ1n) is 11.4. The first-order valence-corrected chi connectivity index (χ1v) is 11.4. The van der Waals surface area contributed by atoms with Gasteiger partial charge < -0.3 is 9.42 Å². The summed E-state index contributed by atoms with van der Waals surface area (Å²) in [7, 11) is 0. The molecule has 0 radical (unpaired) electrons. The van der Waals surface area contributed by atoms with Crippen molar-refractivity contribution >= 4 is 5.91 Å². The van der Waals surface area contributed by atoms with Crippen LogP contribution in [0.25, 0.3) is 22.4 Å². The Morgan fingerprint density at radius 2 is 1.82 bits per heavy atom. The number of likely N-dealkylation sites (tertiary alicyclic amines) is 1. The van der Waals surface area contributed by atoms with E-state index in [0.29, 0.717) is 35.9 Å². The molecule has 172 valence electrons. The molecular formula is C27H25FN4O2. The SMILES string of the molecule is Cc1ncc(-c2ccc(F)cc2)c(C2CCCN(C(=O)c3c(-c4ccccc4)noc3C)C2)n1. The highest BCUT2D eigenvalue weighted by molar-refractivity contribution is 6.00. The van der Waals surface area contributed by atoms with Gasteiger partial charge in [0, 0.05) is 36.3 Å². The van der Waals surface area contributed by atoms with Gasteiger partial charge in [0.2, 0.25) is 0 Å². The number of aryl methyl sites for hydroxylation is 2. The highest BCUT2D eigenvalue weighted by Crippen LogP contribution is 2.35. The minimum absolute atomic E-state index is 0.0415. The molecular weight excluding hydrogens is 431 g/mol. The second kappa shape index (κ2) is 9.17. The normalized spacial score (nSPS) is 16.0. The number of nitrogens with zero attached hydrogens (tertiary/aromatic N) is 4. The number of rotatable bonds is 4. The molecule has 1 atom stereocenters. The Hall–Kier alpha value is -3.87. The second-order valence-corrected chi connectivity index (χ2v) is 8.64. The Labute approximate surface area is 197 Å². The van der Waals surface area contributed by atoms with E-state index in [1.54, 1.807) is 25.3 Å². The molecule has 2 aromatic heterocycles. The summed E-state index contributed by atoms with van der Waals surface area (Å²) in [5, 5.41) is 4.18. The number of hydrogen-bond acceptors (Lipinski definition) is 5. The standard InChI is InChI=1S/C27H25FN4O2/c1-17-24(26(31-34-17)20-7-4-3-5-8-20)27(33)32-14-6-9-21(16-32)25-23(15-29-18(2)30-25)19-10-12-22(28)13-11-19/h3-5,7-8,10-13,15,21H,6,9,14,16H2,1-2H3. The van der Waals surface area contributed by atoms with E-state index in [1.165, 1.54) is 12.1 Å². The monoisotopic (exact) mass is 456 g/mol. The Bertz CT molecular complexity index is 1320. The van der Waals surface area contributed by atoms with Gasteiger partial charge in [-0.25, -0.2) is 14.4 Å². The zero-order valence-electron chi connectivity index (χ0n) is 19.2. The Kier molecular flexibility index (Phi) is 5.92. The third-order valence-corrected chi connectivity index (χ3v) is 6.31. The summed E-state index contributed by atoms with van der Waals surface area (Å²) < 4.78 is 18.9. The predicted molar refractivity (Wildman–Crippen MR) is 127 cm³/mol. The fraction of sp³-hybridized carbons (Fsp3) is 0.259. The Morgan fingerprint density at radius 1 is 1.06 bits per heavy atom. The van der Waals surface area contributed by atoms with E-state index < -0.39 is 0 Å². The summed E-state index contributed by atoms with van der Waals surface area (Å²) in [6, 6.07) is 16.0. The first kappa shape index (κ1) is 21.9. The van der Waals surface area contributed by atoms with Gasteiger partial charge in [-0.3, -0.25) is 4.79 Å². The van der Waals surface area contributed by atoms with Crippen LogP contribution in [0.5, 0.6) is 0 Å². The van der Waals surface area contributed by atoms with E-state index in [0.717, 1.165) is 35.2 Å². The fourth-order valence-corrected chi connectivity index (χ4v) is 4.61. The molecule has 0 aliphatic carbocycles. The van der Waals surface area contributed by atoms with Crippen molar-refractivity contribution in [3.05, 3.63) is 89.5 Å². The topological polar surface area (TPSA) is 72.1 Å². The molecule has 4 aromatic rings. The number of aromatic nitrogens is 3. The van der Waals surface area contributed by atoms with Gasteiger partial charge in [-0.15, -0.1) is 0 Å². The van der Waals surface area contributed by atoms with E-state index in [-0.39, 0.29) is 17.6 Å². The van der Waals surface area contributed by atoms with Crippen molar-refractivity contribution in [3.63, 3.8) is 0 Å². The second-order valence-electron chi connectivity index (χ2n) is 8.64. The molecule has 5 rings (SSSR count). The van der Waals surface area contributed by atoms with Crippen LogP contribution >= 0.6 is 0 Å². The summed E-state index contributed by atoms with van der Waals surface area (Å²) in [6.07, 6.45) is 3.55. The molecule has 0 bridgehead atoms. The molecule has 7 heteroatoms. The number of halogens is 1. The van der Waals surface area contributed by atoms with E-state index in [4.69, 9.17) is 9.51 Å². The zero-order valence-corrected chi connectivity index (χ0v) is 19.2. The van der Waals surface area contributed by atoms with Gasteiger partial charge in [0.05, 0.1) is 5.69 Å². The highest BCUT2D eigenvalue weighted by atomic mass is 19.1. The molecule has 2 aromatic carbocycles. The molecule has 0 spiro atoms.